The average Bonchev–Trinajstić information content (AvgIpc) is 3.01. The first-order valence-electron chi connectivity index (χ1n) is 9.16. The molecule has 30 heavy (non-hydrogen) atoms. The molecule has 0 radical (unpaired) electrons. The second-order valence-corrected chi connectivity index (χ2v) is 8.20. The first-order chi connectivity index (χ1) is 13.8. The van der Waals surface area contributed by atoms with Crippen molar-refractivity contribution in [2.75, 3.05) is 14.1 Å². The number of carbonyl (C=O) groups excluding carboxylic acids is 3. The number of hydrogen-bond acceptors (Lipinski definition) is 6. The number of likely N-dealkylation sites (N-methyl/N-ethyl adjacent to an activating group) is 1. The van der Waals surface area contributed by atoms with E-state index in [2.05, 4.69) is 5.32 Å². The number of benzene rings is 2. The van der Waals surface area contributed by atoms with E-state index in [-0.39, 0.29) is 34.7 Å². The van der Waals surface area contributed by atoms with Gasteiger partial charge < -0.3 is 15.4 Å². The van der Waals surface area contributed by atoms with Gasteiger partial charge in [-0.05, 0) is 48.2 Å². The molecule has 1 aliphatic rings. The average molecular weight is 450 g/mol. The summed E-state index contributed by atoms with van der Waals surface area (Å²) in [5.41, 5.74) is 7.84. The summed E-state index contributed by atoms with van der Waals surface area (Å²) >= 11 is 1.02. The zero-order valence-corrected chi connectivity index (χ0v) is 18.3. The lowest BCUT2D eigenvalue weighted by Gasteiger charge is -2.16. The highest BCUT2D eigenvalue weighted by molar-refractivity contribution is 8.15. The fourth-order valence-electron chi connectivity index (χ4n) is 2.94. The van der Waals surface area contributed by atoms with Gasteiger partial charge in [0.25, 0.3) is 5.24 Å². The van der Waals surface area contributed by atoms with Crippen LogP contribution in [0.15, 0.2) is 48.5 Å². The Labute approximate surface area is 185 Å². The van der Waals surface area contributed by atoms with Gasteiger partial charge in [0.05, 0.1) is 11.3 Å². The first kappa shape index (κ1) is 23.7. The van der Waals surface area contributed by atoms with E-state index in [1.165, 1.54) is 4.90 Å². The summed E-state index contributed by atoms with van der Waals surface area (Å²) < 4.78 is 5.84. The Morgan fingerprint density at radius 3 is 2.07 bits per heavy atom. The summed E-state index contributed by atoms with van der Waals surface area (Å²) in [6.45, 7) is 0. The van der Waals surface area contributed by atoms with Crippen molar-refractivity contribution < 1.29 is 19.1 Å². The van der Waals surface area contributed by atoms with Crippen molar-refractivity contribution in [3.8, 4) is 11.5 Å². The number of amides is 3. The van der Waals surface area contributed by atoms with E-state index in [4.69, 9.17) is 10.5 Å². The molecule has 7 nitrogen and oxygen atoms in total. The monoisotopic (exact) mass is 449 g/mol. The maximum atomic E-state index is 11.9. The van der Waals surface area contributed by atoms with E-state index in [0.29, 0.717) is 24.3 Å². The molecule has 0 aromatic heterocycles. The summed E-state index contributed by atoms with van der Waals surface area (Å²) in [5, 5.41) is 1.61. The molecule has 9 heteroatoms. The molecular weight excluding hydrogens is 426 g/mol. The van der Waals surface area contributed by atoms with E-state index >= 15 is 0 Å². The zero-order valence-electron chi connectivity index (χ0n) is 16.7. The molecule has 0 spiro atoms. The molecule has 3 rings (SSSR count). The van der Waals surface area contributed by atoms with Gasteiger partial charge in [0.15, 0.2) is 0 Å². The molecule has 0 aliphatic carbocycles. The van der Waals surface area contributed by atoms with E-state index in [1.54, 1.807) is 14.1 Å². The molecule has 0 bridgehead atoms. The van der Waals surface area contributed by atoms with Crippen LogP contribution in [0.3, 0.4) is 0 Å². The molecule has 2 aromatic carbocycles. The summed E-state index contributed by atoms with van der Waals surface area (Å²) in [5.74, 6) is 0.988. The highest BCUT2D eigenvalue weighted by Gasteiger charge is 2.31. The number of nitrogens with one attached hydrogen (secondary N) is 1. The van der Waals surface area contributed by atoms with Crippen molar-refractivity contribution in [2.24, 2.45) is 5.73 Å². The number of halogens is 1. The summed E-state index contributed by atoms with van der Waals surface area (Å²) in [7, 11) is 3.37. The van der Waals surface area contributed by atoms with E-state index < -0.39 is 6.04 Å². The minimum atomic E-state index is -0.570. The largest absolute Gasteiger partial charge is 0.457 e. The normalized spacial score (nSPS) is 16.4. The summed E-state index contributed by atoms with van der Waals surface area (Å²) in [6.07, 6.45) is 0.949. The van der Waals surface area contributed by atoms with Crippen LogP contribution in [0, 0.1) is 0 Å². The Hall–Kier alpha value is -2.55. The number of carbonyl (C=O) groups is 3. The van der Waals surface area contributed by atoms with Gasteiger partial charge in [0.2, 0.25) is 11.8 Å². The molecule has 3 amide bonds. The van der Waals surface area contributed by atoms with Crippen LogP contribution < -0.4 is 15.8 Å². The molecule has 2 atom stereocenters. The van der Waals surface area contributed by atoms with E-state index in [0.717, 1.165) is 22.9 Å². The molecule has 160 valence electrons. The van der Waals surface area contributed by atoms with Gasteiger partial charge in [-0.25, -0.2) is 0 Å². The second-order valence-electron chi connectivity index (χ2n) is 7.02. The Morgan fingerprint density at radius 1 is 1.07 bits per heavy atom. The lowest BCUT2D eigenvalue weighted by molar-refractivity contribution is -0.130. The molecule has 1 aliphatic heterocycles. The zero-order chi connectivity index (χ0) is 21.0. The van der Waals surface area contributed by atoms with Crippen molar-refractivity contribution in [2.45, 2.75) is 24.1 Å². The van der Waals surface area contributed by atoms with Gasteiger partial charge in [-0.3, -0.25) is 19.7 Å². The Kier molecular flexibility index (Phi) is 8.28. The van der Waals surface area contributed by atoms with Crippen molar-refractivity contribution in [1.82, 2.24) is 10.2 Å². The van der Waals surface area contributed by atoms with Gasteiger partial charge >= 0.3 is 0 Å². The number of thioether (sulfide) groups is 1. The molecule has 2 aromatic rings. The summed E-state index contributed by atoms with van der Waals surface area (Å²) in [6, 6.07) is 14.3. The van der Waals surface area contributed by atoms with Gasteiger partial charge in [-0.2, -0.15) is 0 Å². The van der Waals surface area contributed by atoms with Crippen LogP contribution in [-0.4, -0.2) is 47.3 Å². The second kappa shape index (κ2) is 10.5. The van der Waals surface area contributed by atoms with Crippen molar-refractivity contribution >= 4 is 41.2 Å². The van der Waals surface area contributed by atoms with Crippen molar-refractivity contribution in [3.05, 3.63) is 59.7 Å². The van der Waals surface area contributed by atoms with Crippen LogP contribution >= 0.6 is 24.2 Å². The number of nitrogens with two attached hydrogens (primary N) is 1. The number of ether oxygens (including phenoxy) is 1. The van der Waals surface area contributed by atoms with Gasteiger partial charge in [-0.1, -0.05) is 36.0 Å². The van der Waals surface area contributed by atoms with Crippen LogP contribution in [0.1, 0.15) is 11.1 Å². The van der Waals surface area contributed by atoms with E-state index in [1.807, 2.05) is 48.5 Å². The molecular formula is C21H24ClN3O4S. The number of nitrogens with zero attached hydrogens (tertiary/aromatic N) is 1. The molecule has 2 unspecified atom stereocenters. The maximum Gasteiger partial charge on any atom is 0.286 e. The lowest BCUT2D eigenvalue weighted by Crippen LogP contribution is -2.41. The molecule has 3 N–H and O–H groups in total. The van der Waals surface area contributed by atoms with Crippen molar-refractivity contribution in [1.29, 1.82) is 0 Å². The third kappa shape index (κ3) is 6.22. The predicted molar refractivity (Wildman–Crippen MR) is 119 cm³/mol. The minimum Gasteiger partial charge on any atom is -0.457 e. The van der Waals surface area contributed by atoms with Crippen LogP contribution in [0.2, 0.25) is 0 Å². The van der Waals surface area contributed by atoms with E-state index in [9.17, 15) is 14.4 Å². The first-order valence-corrected chi connectivity index (χ1v) is 10.0. The molecule has 0 saturated carbocycles. The van der Waals surface area contributed by atoms with Crippen LogP contribution in [0.25, 0.3) is 0 Å². The standard InChI is InChI=1S/C21H23N3O4S.ClH/c1-24(2)20(26)17(22)11-13-3-7-15(8-4-13)28-16-9-5-14(6-10-16)12-18-19(25)23-21(27)29-18;/h3-10,17-18H,11-12,22H2,1-2H3,(H,23,25,27);1H. The highest BCUT2D eigenvalue weighted by atomic mass is 35.5. The fourth-order valence-corrected chi connectivity index (χ4v) is 3.80. The SMILES string of the molecule is CN(C)C(=O)C(N)Cc1ccc(Oc2ccc(CC3SC(=O)NC3=O)cc2)cc1.Cl. The molecule has 1 heterocycles. The third-order valence-corrected chi connectivity index (χ3v) is 5.47. The lowest BCUT2D eigenvalue weighted by atomic mass is 10.1. The highest BCUT2D eigenvalue weighted by Crippen LogP contribution is 2.26. The maximum absolute atomic E-state index is 11.9. The predicted octanol–water partition coefficient (Wildman–Crippen LogP) is 2.75. The Bertz CT molecular complexity index is 903. The van der Waals surface area contributed by atoms with Crippen LogP contribution in [0.4, 0.5) is 4.79 Å². The topological polar surface area (TPSA) is 102 Å². The van der Waals surface area contributed by atoms with Crippen molar-refractivity contribution in [3.63, 3.8) is 0 Å². The van der Waals surface area contributed by atoms with Crippen LogP contribution in [0.5, 0.6) is 11.5 Å². The number of hydrogen-bond donors (Lipinski definition) is 2. The van der Waals surface area contributed by atoms with Crippen LogP contribution in [-0.2, 0) is 22.4 Å². The minimum absolute atomic E-state index is 0. The quantitative estimate of drug-likeness (QED) is 0.673. The van der Waals surface area contributed by atoms with Gasteiger partial charge in [-0.15, -0.1) is 12.4 Å². The smallest absolute Gasteiger partial charge is 0.286 e. The number of imide groups is 1. The third-order valence-electron chi connectivity index (χ3n) is 4.48. The molecule has 1 fully saturated rings. The van der Waals surface area contributed by atoms with Gasteiger partial charge in [0.1, 0.15) is 11.5 Å². The molecule has 1 saturated heterocycles. The summed E-state index contributed by atoms with van der Waals surface area (Å²) in [4.78, 5) is 36.2. The Morgan fingerprint density at radius 2 is 1.60 bits per heavy atom. The number of rotatable bonds is 7. The van der Waals surface area contributed by atoms with Gasteiger partial charge in [0, 0.05) is 14.1 Å². The fraction of sp³-hybridized carbons (Fsp3) is 0.286. The Balaban J connectivity index is 0.00000320.